The van der Waals surface area contributed by atoms with Crippen molar-refractivity contribution in [2.45, 2.75) is 0 Å². The van der Waals surface area contributed by atoms with E-state index in [1.807, 2.05) is 42.8 Å². The van der Waals surface area contributed by atoms with Crippen LogP contribution in [0, 0.1) is 18.3 Å². The summed E-state index contributed by atoms with van der Waals surface area (Å²) >= 11 is 0. The molecule has 3 rings (SSSR count). The highest BCUT2D eigenvalue weighted by Gasteiger charge is 1.96. The number of rotatable bonds is 2. The smallest absolute Gasteiger partial charge is 0.0634 e. The van der Waals surface area contributed by atoms with Crippen molar-refractivity contribution in [1.82, 2.24) is 0 Å². The monoisotopic (exact) mass is 267 g/mol. The van der Waals surface area contributed by atoms with Gasteiger partial charge in [-0.3, -0.25) is 0 Å². The van der Waals surface area contributed by atoms with Crippen LogP contribution in [0.4, 0.5) is 0 Å². The lowest BCUT2D eigenvalue weighted by molar-refractivity contribution is 1.53. The Hall–Kier alpha value is -2.78. The first-order valence-electron chi connectivity index (χ1n) is 6.97. The Bertz CT molecular complexity index is 742. The summed E-state index contributed by atoms with van der Waals surface area (Å²) in [4.78, 5) is 0. The van der Waals surface area contributed by atoms with Gasteiger partial charge in [0.15, 0.2) is 0 Å². The van der Waals surface area contributed by atoms with Crippen LogP contribution in [0.1, 0.15) is 11.1 Å². The van der Waals surface area contributed by atoms with E-state index in [4.69, 9.17) is 0 Å². The molecule has 0 amide bonds. The van der Waals surface area contributed by atoms with Crippen LogP contribution in [0.3, 0.4) is 0 Å². The zero-order valence-electron chi connectivity index (χ0n) is 11.7. The number of benzene rings is 3. The van der Waals surface area contributed by atoms with Gasteiger partial charge >= 0.3 is 0 Å². The first-order chi connectivity index (χ1) is 10.4. The standard InChI is InChI=1S/C21H15/c1-3-8-18(9-4-1)10-7-11-19-14-16-21(17-15-19)20-12-5-2-6-13-20/h1-6,8-9,11-17H. The van der Waals surface area contributed by atoms with Crippen LogP contribution in [-0.2, 0) is 0 Å². The van der Waals surface area contributed by atoms with Crippen molar-refractivity contribution in [2.24, 2.45) is 0 Å². The fourth-order valence-electron chi connectivity index (χ4n) is 2.13. The van der Waals surface area contributed by atoms with Gasteiger partial charge in [-0.15, -0.1) is 0 Å². The van der Waals surface area contributed by atoms with Crippen molar-refractivity contribution in [1.29, 1.82) is 0 Å². The second-order valence-electron chi connectivity index (χ2n) is 4.77. The van der Waals surface area contributed by atoms with E-state index in [2.05, 4.69) is 60.4 Å². The molecule has 0 aliphatic carbocycles. The van der Waals surface area contributed by atoms with Crippen molar-refractivity contribution in [3.05, 3.63) is 102 Å². The predicted molar refractivity (Wildman–Crippen MR) is 88.6 cm³/mol. The summed E-state index contributed by atoms with van der Waals surface area (Å²) in [5, 5.41) is 0. The van der Waals surface area contributed by atoms with Crippen LogP contribution in [0.15, 0.2) is 84.9 Å². The summed E-state index contributed by atoms with van der Waals surface area (Å²) in [6.45, 7) is 0. The summed E-state index contributed by atoms with van der Waals surface area (Å²) in [5.41, 5.74) is 4.62. The van der Waals surface area contributed by atoms with Crippen LogP contribution >= 0.6 is 0 Å². The summed E-state index contributed by atoms with van der Waals surface area (Å²) in [6.07, 6.45) is 1.95. The Morgan fingerprint density at radius 2 is 1.14 bits per heavy atom. The van der Waals surface area contributed by atoms with Crippen molar-refractivity contribution < 1.29 is 0 Å². The van der Waals surface area contributed by atoms with Crippen molar-refractivity contribution in [3.8, 4) is 23.0 Å². The van der Waals surface area contributed by atoms with E-state index in [0.717, 1.165) is 11.1 Å². The second-order valence-corrected chi connectivity index (χ2v) is 4.77. The van der Waals surface area contributed by atoms with E-state index < -0.39 is 0 Å². The summed E-state index contributed by atoms with van der Waals surface area (Å²) in [5.74, 6) is 6.24. The third kappa shape index (κ3) is 3.61. The molecule has 0 heteroatoms. The molecule has 3 aromatic rings. The molecule has 0 saturated heterocycles. The van der Waals surface area contributed by atoms with Crippen LogP contribution in [0.5, 0.6) is 0 Å². The lowest BCUT2D eigenvalue weighted by Crippen LogP contribution is -1.81. The first kappa shape index (κ1) is 13.2. The minimum atomic E-state index is 1.04. The highest BCUT2D eigenvalue weighted by Crippen LogP contribution is 2.19. The minimum absolute atomic E-state index is 1.04. The molecule has 0 heterocycles. The van der Waals surface area contributed by atoms with E-state index in [1.165, 1.54) is 11.1 Å². The maximum atomic E-state index is 3.13. The predicted octanol–water partition coefficient (Wildman–Crippen LogP) is 4.96. The molecule has 0 bridgehead atoms. The highest BCUT2D eigenvalue weighted by molar-refractivity contribution is 5.63. The molecule has 0 atom stereocenters. The Balaban J connectivity index is 1.70. The maximum absolute atomic E-state index is 3.13. The Morgan fingerprint density at radius 1 is 0.571 bits per heavy atom. The first-order valence-corrected chi connectivity index (χ1v) is 6.97. The number of hydrogen-bond donors (Lipinski definition) is 0. The SMILES string of the molecule is C(#Cc1ccccc1)[CH]c1ccc(-c2ccccc2)cc1. The molecule has 0 saturated carbocycles. The lowest BCUT2D eigenvalue weighted by Gasteiger charge is -2.02. The van der Waals surface area contributed by atoms with Gasteiger partial charge in [0.2, 0.25) is 0 Å². The van der Waals surface area contributed by atoms with Crippen LogP contribution in [0.25, 0.3) is 11.1 Å². The van der Waals surface area contributed by atoms with Crippen LogP contribution in [0.2, 0.25) is 0 Å². The average Bonchev–Trinajstić information content (AvgIpc) is 2.57. The Morgan fingerprint density at radius 3 is 1.81 bits per heavy atom. The molecular weight excluding hydrogens is 252 g/mol. The zero-order chi connectivity index (χ0) is 14.3. The fraction of sp³-hybridized carbons (Fsp3) is 0. The van der Waals surface area contributed by atoms with Crippen molar-refractivity contribution in [2.75, 3.05) is 0 Å². The van der Waals surface area contributed by atoms with E-state index in [1.54, 1.807) is 0 Å². The molecule has 0 unspecified atom stereocenters. The summed E-state index contributed by atoms with van der Waals surface area (Å²) in [6, 6.07) is 28.9. The molecular formula is C21H15. The second kappa shape index (κ2) is 6.59. The Kier molecular flexibility index (Phi) is 4.15. The molecule has 21 heavy (non-hydrogen) atoms. The maximum Gasteiger partial charge on any atom is 0.0634 e. The van der Waals surface area contributed by atoms with Gasteiger partial charge in [-0.1, -0.05) is 84.6 Å². The molecule has 0 N–H and O–H groups in total. The third-order valence-electron chi connectivity index (χ3n) is 3.25. The van der Waals surface area contributed by atoms with E-state index in [0.29, 0.717) is 0 Å². The van der Waals surface area contributed by atoms with E-state index >= 15 is 0 Å². The molecule has 0 nitrogen and oxygen atoms in total. The molecule has 99 valence electrons. The van der Waals surface area contributed by atoms with Crippen molar-refractivity contribution >= 4 is 0 Å². The minimum Gasteiger partial charge on any atom is -0.0880 e. The largest absolute Gasteiger partial charge is 0.0880 e. The van der Waals surface area contributed by atoms with Gasteiger partial charge < -0.3 is 0 Å². The highest BCUT2D eigenvalue weighted by atomic mass is 14.0. The molecule has 0 fully saturated rings. The van der Waals surface area contributed by atoms with Gasteiger partial charge in [-0.25, -0.2) is 0 Å². The van der Waals surface area contributed by atoms with Crippen LogP contribution < -0.4 is 0 Å². The summed E-state index contributed by atoms with van der Waals surface area (Å²) < 4.78 is 0. The third-order valence-corrected chi connectivity index (χ3v) is 3.25. The molecule has 3 aromatic carbocycles. The van der Waals surface area contributed by atoms with E-state index in [9.17, 15) is 0 Å². The normalized spacial score (nSPS) is 9.71. The average molecular weight is 267 g/mol. The van der Waals surface area contributed by atoms with Gasteiger partial charge in [0, 0.05) is 5.56 Å². The fourth-order valence-corrected chi connectivity index (χ4v) is 2.13. The van der Waals surface area contributed by atoms with Gasteiger partial charge in [0.05, 0.1) is 6.42 Å². The Labute approximate surface area is 126 Å². The lowest BCUT2D eigenvalue weighted by atomic mass is 10.0. The van der Waals surface area contributed by atoms with Gasteiger partial charge in [0.25, 0.3) is 0 Å². The molecule has 1 radical (unpaired) electrons. The van der Waals surface area contributed by atoms with Crippen molar-refractivity contribution in [3.63, 3.8) is 0 Å². The number of hydrogen-bond acceptors (Lipinski definition) is 0. The van der Waals surface area contributed by atoms with Gasteiger partial charge in [-0.05, 0) is 28.8 Å². The zero-order valence-corrected chi connectivity index (χ0v) is 11.7. The topological polar surface area (TPSA) is 0 Å². The van der Waals surface area contributed by atoms with E-state index in [-0.39, 0.29) is 0 Å². The molecule has 0 aromatic heterocycles. The van der Waals surface area contributed by atoms with Gasteiger partial charge in [-0.2, -0.15) is 0 Å². The van der Waals surface area contributed by atoms with Crippen LogP contribution in [-0.4, -0.2) is 0 Å². The molecule has 0 aliphatic heterocycles. The van der Waals surface area contributed by atoms with Gasteiger partial charge in [0.1, 0.15) is 0 Å². The quantitative estimate of drug-likeness (QED) is 0.576. The summed E-state index contributed by atoms with van der Waals surface area (Å²) in [7, 11) is 0. The molecule has 0 spiro atoms. The molecule has 0 aliphatic rings.